The van der Waals surface area contributed by atoms with Crippen molar-refractivity contribution in [3.63, 3.8) is 0 Å². The Labute approximate surface area is 121 Å². The number of hydrogen-bond acceptors (Lipinski definition) is 5. The van der Waals surface area contributed by atoms with Crippen molar-refractivity contribution >= 4 is 15.7 Å². The van der Waals surface area contributed by atoms with Crippen LogP contribution in [0.2, 0.25) is 0 Å². The fraction of sp³-hybridized carbons (Fsp3) is 0.154. The molecule has 0 aliphatic carbocycles. The molecule has 0 atom stereocenters. The zero-order valence-corrected chi connectivity index (χ0v) is 11.8. The van der Waals surface area contributed by atoms with Crippen LogP contribution in [0.25, 0.3) is 0 Å². The summed E-state index contributed by atoms with van der Waals surface area (Å²) in [6.07, 6.45) is 1.57. The van der Waals surface area contributed by atoms with Gasteiger partial charge in [0.2, 0.25) is 10.0 Å². The maximum Gasteiger partial charge on any atom is 0.269 e. The number of pyridine rings is 1. The lowest BCUT2D eigenvalue weighted by atomic mass is 10.2. The quantitative estimate of drug-likeness (QED) is 0.645. The molecule has 1 N–H and O–H groups in total. The molecule has 0 saturated heterocycles. The Kier molecular flexibility index (Phi) is 4.61. The van der Waals surface area contributed by atoms with Gasteiger partial charge in [-0.3, -0.25) is 15.1 Å². The van der Waals surface area contributed by atoms with Gasteiger partial charge < -0.3 is 0 Å². The van der Waals surface area contributed by atoms with Gasteiger partial charge >= 0.3 is 0 Å². The van der Waals surface area contributed by atoms with E-state index in [1.54, 1.807) is 24.4 Å². The van der Waals surface area contributed by atoms with E-state index in [9.17, 15) is 18.5 Å². The third-order valence-corrected chi connectivity index (χ3v) is 3.97. The molecular weight excluding hydrogens is 294 g/mol. The van der Waals surface area contributed by atoms with E-state index in [2.05, 4.69) is 9.71 Å². The van der Waals surface area contributed by atoms with E-state index in [1.165, 1.54) is 24.3 Å². The van der Waals surface area contributed by atoms with Crippen LogP contribution in [-0.4, -0.2) is 18.3 Å². The third-order valence-electron chi connectivity index (χ3n) is 2.68. The monoisotopic (exact) mass is 307 g/mol. The van der Waals surface area contributed by atoms with Crippen LogP contribution >= 0.6 is 0 Å². The summed E-state index contributed by atoms with van der Waals surface area (Å²) >= 11 is 0. The Morgan fingerprint density at radius 3 is 2.67 bits per heavy atom. The molecule has 0 bridgehead atoms. The topological polar surface area (TPSA) is 102 Å². The van der Waals surface area contributed by atoms with Gasteiger partial charge in [-0.1, -0.05) is 18.2 Å². The summed E-state index contributed by atoms with van der Waals surface area (Å²) in [5, 5.41) is 10.7. The number of non-ortho nitro benzene ring substituents is 1. The Hall–Kier alpha value is -2.32. The molecule has 0 aliphatic heterocycles. The highest BCUT2D eigenvalue weighted by atomic mass is 32.2. The molecule has 110 valence electrons. The normalized spacial score (nSPS) is 11.2. The molecule has 0 aliphatic rings. The second-order valence-corrected chi connectivity index (χ2v) is 6.14. The van der Waals surface area contributed by atoms with Crippen LogP contribution in [0.15, 0.2) is 48.7 Å². The van der Waals surface area contributed by atoms with Gasteiger partial charge in [-0.2, -0.15) is 0 Å². The molecule has 0 fully saturated rings. The first-order chi connectivity index (χ1) is 9.96. The van der Waals surface area contributed by atoms with Crippen LogP contribution in [-0.2, 0) is 22.3 Å². The zero-order chi connectivity index (χ0) is 15.3. The maximum absolute atomic E-state index is 11.9. The summed E-state index contributed by atoms with van der Waals surface area (Å²) in [7, 11) is -3.59. The summed E-state index contributed by atoms with van der Waals surface area (Å²) in [6.45, 7) is 0.0814. The molecule has 2 aromatic rings. The summed E-state index contributed by atoms with van der Waals surface area (Å²) in [5.74, 6) is -0.318. The highest BCUT2D eigenvalue weighted by Crippen LogP contribution is 2.15. The minimum Gasteiger partial charge on any atom is -0.260 e. The molecule has 1 heterocycles. The van der Waals surface area contributed by atoms with Crippen LogP contribution in [0.4, 0.5) is 5.69 Å². The fourth-order valence-corrected chi connectivity index (χ4v) is 2.81. The van der Waals surface area contributed by atoms with E-state index >= 15 is 0 Å². The van der Waals surface area contributed by atoms with Crippen molar-refractivity contribution in [2.75, 3.05) is 0 Å². The molecule has 7 nitrogen and oxygen atoms in total. The second-order valence-electron chi connectivity index (χ2n) is 4.33. The van der Waals surface area contributed by atoms with E-state index in [1.807, 2.05) is 0 Å². The zero-order valence-electron chi connectivity index (χ0n) is 11.0. The predicted molar refractivity (Wildman–Crippen MR) is 76.8 cm³/mol. The molecule has 0 unspecified atom stereocenters. The van der Waals surface area contributed by atoms with Gasteiger partial charge in [-0.15, -0.1) is 0 Å². The Morgan fingerprint density at radius 2 is 2.00 bits per heavy atom. The molecule has 1 aromatic carbocycles. The average Bonchev–Trinajstić information content (AvgIpc) is 2.46. The number of hydrogen-bond donors (Lipinski definition) is 1. The van der Waals surface area contributed by atoms with E-state index in [-0.39, 0.29) is 18.0 Å². The molecule has 0 radical (unpaired) electrons. The predicted octanol–water partition coefficient (Wildman–Crippen LogP) is 1.61. The number of nitrogens with zero attached hydrogens (tertiary/aromatic N) is 2. The SMILES string of the molecule is O=[N+]([O-])c1cccc(CS(=O)(=O)NCc2ccccn2)c1. The van der Waals surface area contributed by atoms with Gasteiger partial charge in [0, 0.05) is 18.3 Å². The number of rotatable bonds is 6. The minimum absolute atomic E-state index is 0.0814. The van der Waals surface area contributed by atoms with Gasteiger partial charge in [0.25, 0.3) is 5.69 Å². The van der Waals surface area contributed by atoms with E-state index in [4.69, 9.17) is 0 Å². The molecular formula is C13H13N3O4S. The molecule has 0 amide bonds. The van der Waals surface area contributed by atoms with Crippen LogP contribution in [0.3, 0.4) is 0 Å². The van der Waals surface area contributed by atoms with Gasteiger partial charge in [0.15, 0.2) is 0 Å². The van der Waals surface area contributed by atoms with E-state index in [0.717, 1.165) is 0 Å². The smallest absolute Gasteiger partial charge is 0.260 e. The summed E-state index contributed by atoms with van der Waals surface area (Å²) in [6, 6.07) is 10.8. The molecule has 2 rings (SSSR count). The highest BCUT2D eigenvalue weighted by Gasteiger charge is 2.14. The van der Waals surface area contributed by atoms with Crippen molar-refractivity contribution in [3.8, 4) is 0 Å². The van der Waals surface area contributed by atoms with Gasteiger partial charge in [0.1, 0.15) is 0 Å². The van der Waals surface area contributed by atoms with Crippen LogP contribution < -0.4 is 4.72 Å². The highest BCUT2D eigenvalue weighted by molar-refractivity contribution is 7.88. The van der Waals surface area contributed by atoms with E-state index < -0.39 is 14.9 Å². The summed E-state index contributed by atoms with van der Waals surface area (Å²) < 4.78 is 26.3. The lowest BCUT2D eigenvalue weighted by Crippen LogP contribution is -2.25. The van der Waals surface area contributed by atoms with Crippen molar-refractivity contribution in [2.24, 2.45) is 0 Å². The average molecular weight is 307 g/mol. The Bertz CT molecular complexity index is 732. The third kappa shape index (κ3) is 4.62. The first kappa shape index (κ1) is 15.1. The van der Waals surface area contributed by atoms with Crippen molar-refractivity contribution in [1.29, 1.82) is 0 Å². The van der Waals surface area contributed by atoms with Crippen molar-refractivity contribution in [1.82, 2.24) is 9.71 Å². The van der Waals surface area contributed by atoms with Crippen molar-refractivity contribution < 1.29 is 13.3 Å². The summed E-state index contributed by atoms with van der Waals surface area (Å²) in [4.78, 5) is 14.1. The number of sulfonamides is 1. The van der Waals surface area contributed by atoms with Crippen molar-refractivity contribution in [2.45, 2.75) is 12.3 Å². The number of nitrogens with one attached hydrogen (secondary N) is 1. The Morgan fingerprint density at radius 1 is 1.19 bits per heavy atom. The maximum atomic E-state index is 11.9. The number of nitro benzene ring substituents is 1. The number of nitro groups is 1. The van der Waals surface area contributed by atoms with Crippen LogP contribution in [0, 0.1) is 10.1 Å². The molecule has 21 heavy (non-hydrogen) atoms. The number of aromatic nitrogens is 1. The van der Waals surface area contributed by atoms with Gasteiger partial charge in [-0.05, 0) is 17.7 Å². The molecule has 8 heteroatoms. The van der Waals surface area contributed by atoms with E-state index in [0.29, 0.717) is 11.3 Å². The first-order valence-corrected chi connectivity index (χ1v) is 7.72. The minimum atomic E-state index is -3.59. The van der Waals surface area contributed by atoms with Gasteiger partial charge in [-0.25, -0.2) is 13.1 Å². The molecule has 1 aromatic heterocycles. The largest absolute Gasteiger partial charge is 0.269 e. The van der Waals surface area contributed by atoms with Gasteiger partial charge in [0.05, 0.1) is 22.9 Å². The standard InChI is InChI=1S/C13H13N3O4S/c17-16(18)13-6-3-4-11(8-13)10-21(19,20)15-9-12-5-1-2-7-14-12/h1-8,15H,9-10H2. The number of benzene rings is 1. The Balaban J connectivity index is 2.04. The lowest BCUT2D eigenvalue weighted by Gasteiger charge is -2.06. The van der Waals surface area contributed by atoms with Crippen molar-refractivity contribution in [3.05, 3.63) is 70.0 Å². The summed E-state index contributed by atoms with van der Waals surface area (Å²) in [5.41, 5.74) is 0.824. The van der Waals surface area contributed by atoms with Crippen LogP contribution in [0.1, 0.15) is 11.3 Å². The molecule has 0 saturated carbocycles. The van der Waals surface area contributed by atoms with Crippen LogP contribution in [0.5, 0.6) is 0 Å². The lowest BCUT2D eigenvalue weighted by molar-refractivity contribution is -0.384. The second kappa shape index (κ2) is 6.42. The molecule has 0 spiro atoms. The fourth-order valence-electron chi connectivity index (χ4n) is 1.72. The first-order valence-electron chi connectivity index (χ1n) is 6.07.